The lowest BCUT2D eigenvalue weighted by molar-refractivity contribution is 0.0696. The van der Waals surface area contributed by atoms with Crippen molar-refractivity contribution in [3.05, 3.63) is 23.5 Å². The van der Waals surface area contributed by atoms with Crippen LogP contribution in [0.2, 0.25) is 0 Å². The number of nitrogen functional groups attached to an aromatic ring is 1. The summed E-state index contributed by atoms with van der Waals surface area (Å²) in [6.07, 6.45) is 2.18. The Morgan fingerprint density at radius 3 is 2.75 bits per heavy atom. The molecule has 1 aromatic rings. The van der Waals surface area contributed by atoms with E-state index in [4.69, 9.17) is 15.6 Å². The van der Waals surface area contributed by atoms with E-state index in [9.17, 15) is 9.18 Å². The number of carboxylic acids is 1. The Kier molecular flexibility index (Phi) is 2.68. The van der Waals surface area contributed by atoms with Crippen LogP contribution >= 0.6 is 0 Å². The van der Waals surface area contributed by atoms with Gasteiger partial charge in [-0.25, -0.2) is 9.18 Å². The lowest BCUT2D eigenvalue weighted by atomic mass is 10.2. The minimum Gasteiger partial charge on any atom is -0.488 e. The molecule has 0 bridgehead atoms. The lowest BCUT2D eigenvalue weighted by Crippen LogP contribution is -2.06. The maximum absolute atomic E-state index is 13.5. The minimum atomic E-state index is -1.21. The van der Waals surface area contributed by atoms with Crippen molar-refractivity contribution in [2.75, 3.05) is 12.3 Å². The lowest BCUT2D eigenvalue weighted by Gasteiger charge is -2.10. The summed E-state index contributed by atoms with van der Waals surface area (Å²) in [5, 5.41) is 8.69. The van der Waals surface area contributed by atoms with Gasteiger partial charge in [0.15, 0.2) is 11.6 Å². The molecule has 5 heteroatoms. The molecule has 0 spiro atoms. The average molecular weight is 225 g/mol. The molecular weight excluding hydrogens is 213 g/mol. The highest BCUT2D eigenvalue weighted by Gasteiger charge is 2.23. The predicted octanol–water partition coefficient (Wildman–Crippen LogP) is 1.89. The van der Waals surface area contributed by atoms with Gasteiger partial charge in [0, 0.05) is 0 Å². The standard InChI is InChI=1S/C11H12FNO3/c12-8-3-7(11(14)15)4-9(13)10(8)16-5-6-1-2-6/h3-4,6H,1-2,5,13H2,(H,14,15). The van der Waals surface area contributed by atoms with Crippen molar-refractivity contribution in [2.45, 2.75) is 12.8 Å². The summed E-state index contributed by atoms with van der Waals surface area (Å²) in [5.74, 6) is -1.49. The Morgan fingerprint density at radius 2 is 2.25 bits per heavy atom. The Hall–Kier alpha value is -1.78. The zero-order chi connectivity index (χ0) is 11.7. The molecule has 1 fully saturated rings. The number of nitrogens with two attached hydrogens (primary N) is 1. The van der Waals surface area contributed by atoms with Crippen LogP contribution in [0.4, 0.5) is 10.1 Å². The molecule has 0 aliphatic heterocycles. The molecule has 0 aromatic heterocycles. The molecule has 1 aromatic carbocycles. The van der Waals surface area contributed by atoms with E-state index in [1.165, 1.54) is 6.07 Å². The summed E-state index contributed by atoms with van der Waals surface area (Å²) in [5.41, 5.74) is 5.39. The van der Waals surface area contributed by atoms with Crippen LogP contribution in [0.1, 0.15) is 23.2 Å². The first-order valence-corrected chi connectivity index (χ1v) is 5.03. The van der Waals surface area contributed by atoms with E-state index < -0.39 is 11.8 Å². The average Bonchev–Trinajstić information content (AvgIpc) is 2.99. The predicted molar refractivity (Wildman–Crippen MR) is 56.0 cm³/mol. The number of carboxylic acid groups (broad SMARTS) is 1. The zero-order valence-electron chi connectivity index (χ0n) is 8.57. The number of anilines is 1. The van der Waals surface area contributed by atoms with Gasteiger partial charge in [0.1, 0.15) is 0 Å². The second-order valence-corrected chi connectivity index (χ2v) is 3.94. The van der Waals surface area contributed by atoms with E-state index >= 15 is 0 Å². The fourth-order valence-corrected chi connectivity index (χ4v) is 1.38. The Bertz CT molecular complexity index is 406. The summed E-state index contributed by atoms with van der Waals surface area (Å²) in [7, 11) is 0. The molecule has 1 aliphatic rings. The molecule has 1 aliphatic carbocycles. The monoisotopic (exact) mass is 225 g/mol. The third kappa shape index (κ3) is 2.24. The third-order valence-electron chi connectivity index (χ3n) is 2.48. The van der Waals surface area contributed by atoms with Crippen LogP contribution < -0.4 is 10.5 Å². The number of ether oxygens (including phenoxy) is 1. The number of halogens is 1. The molecule has 1 saturated carbocycles. The van der Waals surface area contributed by atoms with Crippen molar-refractivity contribution >= 4 is 11.7 Å². The molecule has 0 unspecified atom stereocenters. The van der Waals surface area contributed by atoms with Crippen LogP contribution in [0.5, 0.6) is 5.75 Å². The molecule has 4 nitrogen and oxygen atoms in total. The van der Waals surface area contributed by atoms with Gasteiger partial charge >= 0.3 is 5.97 Å². The van der Waals surface area contributed by atoms with E-state index in [-0.39, 0.29) is 17.0 Å². The van der Waals surface area contributed by atoms with Crippen LogP contribution in [0, 0.1) is 11.7 Å². The molecule has 16 heavy (non-hydrogen) atoms. The van der Waals surface area contributed by atoms with E-state index in [1.54, 1.807) is 0 Å². The van der Waals surface area contributed by atoms with Gasteiger partial charge in [-0.1, -0.05) is 0 Å². The van der Waals surface area contributed by atoms with Gasteiger partial charge < -0.3 is 15.6 Å². The molecular formula is C11H12FNO3. The quantitative estimate of drug-likeness (QED) is 0.767. The molecule has 2 rings (SSSR count). The second kappa shape index (κ2) is 4.00. The molecule has 0 radical (unpaired) electrons. The maximum Gasteiger partial charge on any atom is 0.335 e. The largest absolute Gasteiger partial charge is 0.488 e. The van der Waals surface area contributed by atoms with Crippen molar-refractivity contribution in [3.63, 3.8) is 0 Å². The zero-order valence-corrected chi connectivity index (χ0v) is 8.57. The van der Waals surface area contributed by atoms with Gasteiger partial charge in [0.25, 0.3) is 0 Å². The fourth-order valence-electron chi connectivity index (χ4n) is 1.38. The first-order valence-electron chi connectivity index (χ1n) is 5.03. The highest BCUT2D eigenvalue weighted by Crippen LogP contribution is 2.32. The van der Waals surface area contributed by atoms with Gasteiger partial charge in [-0.05, 0) is 30.9 Å². The Morgan fingerprint density at radius 1 is 1.56 bits per heavy atom. The number of benzene rings is 1. The van der Waals surface area contributed by atoms with Crippen LogP contribution in [-0.2, 0) is 0 Å². The Labute approximate surface area is 91.8 Å². The number of carbonyl (C=O) groups is 1. The minimum absolute atomic E-state index is 0.0260. The van der Waals surface area contributed by atoms with Gasteiger partial charge in [-0.2, -0.15) is 0 Å². The molecule has 3 N–H and O–H groups in total. The van der Waals surface area contributed by atoms with Gasteiger partial charge in [-0.15, -0.1) is 0 Å². The van der Waals surface area contributed by atoms with Gasteiger partial charge in [0.05, 0.1) is 17.9 Å². The fraction of sp³-hybridized carbons (Fsp3) is 0.364. The second-order valence-electron chi connectivity index (χ2n) is 3.94. The maximum atomic E-state index is 13.5. The van der Waals surface area contributed by atoms with Crippen molar-refractivity contribution in [3.8, 4) is 5.75 Å². The number of aromatic carboxylic acids is 1. The normalized spacial score (nSPS) is 14.8. The summed E-state index contributed by atoms with van der Waals surface area (Å²) in [6.45, 7) is 0.438. The van der Waals surface area contributed by atoms with E-state index in [0.717, 1.165) is 18.9 Å². The van der Waals surface area contributed by atoms with Crippen LogP contribution in [0.3, 0.4) is 0 Å². The van der Waals surface area contributed by atoms with Crippen LogP contribution in [0.25, 0.3) is 0 Å². The van der Waals surface area contributed by atoms with Crippen LogP contribution in [0.15, 0.2) is 12.1 Å². The molecule has 0 saturated heterocycles. The van der Waals surface area contributed by atoms with E-state index in [0.29, 0.717) is 12.5 Å². The van der Waals surface area contributed by atoms with E-state index in [2.05, 4.69) is 0 Å². The van der Waals surface area contributed by atoms with Gasteiger partial charge in [-0.3, -0.25) is 0 Å². The number of rotatable bonds is 4. The van der Waals surface area contributed by atoms with Crippen molar-refractivity contribution in [1.29, 1.82) is 0 Å². The van der Waals surface area contributed by atoms with Crippen molar-refractivity contribution < 1.29 is 19.0 Å². The number of hydrogen-bond donors (Lipinski definition) is 2. The first kappa shape index (κ1) is 10.7. The molecule has 0 atom stereocenters. The summed E-state index contributed by atoms with van der Waals surface area (Å²) < 4.78 is 18.7. The summed E-state index contributed by atoms with van der Waals surface area (Å²) >= 11 is 0. The first-order chi connectivity index (χ1) is 7.58. The molecule has 0 amide bonds. The SMILES string of the molecule is Nc1cc(C(=O)O)cc(F)c1OCC1CC1. The smallest absolute Gasteiger partial charge is 0.335 e. The molecule has 86 valence electrons. The Balaban J connectivity index is 2.19. The summed E-state index contributed by atoms with van der Waals surface area (Å²) in [4.78, 5) is 10.6. The van der Waals surface area contributed by atoms with E-state index in [1.807, 2.05) is 0 Å². The number of hydrogen-bond acceptors (Lipinski definition) is 3. The van der Waals surface area contributed by atoms with Crippen LogP contribution in [-0.4, -0.2) is 17.7 Å². The third-order valence-corrected chi connectivity index (χ3v) is 2.48. The van der Waals surface area contributed by atoms with Gasteiger partial charge in [0.2, 0.25) is 0 Å². The summed E-state index contributed by atoms with van der Waals surface area (Å²) in [6, 6.07) is 2.12. The highest BCUT2D eigenvalue weighted by molar-refractivity contribution is 5.89. The topological polar surface area (TPSA) is 72.6 Å². The van der Waals surface area contributed by atoms with Crippen molar-refractivity contribution in [2.24, 2.45) is 5.92 Å². The van der Waals surface area contributed by atoms with Crippen molar-refractivity contribution in [1.82, 2.24) is 0 Å². The highest BCUT2D eigenvalue weighted by atomic mass is 19.1. The molecule has 0 heterocycles.